The lowest BCUT2D eigenvalue weighted by atomic mass is 9.72. The van der Waals surface area contributed by atoms with Crippen molar-refractivity contribution in [3.8, 4) is 0 Å². The minimum Gasteiger partial charge on any atom is -0.300 e. The first-order valence-electron chi connectivity index (χ1n) is 10.7. The summed E-state index contributed by atoms with van der Waals surface area (Å²) in [5, 5.41) is 0. The van der Waals surface area contributed by atoms with Crippen LogP contribution in [-0.2, 0) is 4.79 Å². The third-order valence-corrected chi connectivity index (χ3v) is 6.19. The number of hydrogen-bond donors (Lipinski definition) is 0. The molecule has 1 heteroatoms. The molecule has 1 aliphatic rings. The summed E-state index contributed by atoms with van der Waals surface area (Å²) in [6, 6.07) is 31.8. The summed E-state index contributed by atoms with van der Waals surface area (Å²) in [6.45, 7) is 3.94. The molecule has 0 saturated heterocycles. The highest BCUT2D eigenvalue weighted by Gasteiger charge is 2.30. The summed E-state index contributed by atoms with van der Waals surface area (Å²) in [5.41, 5.74) is 7.61. The fourth-order valence-corrected chi connectivity index (χ4v) is 4.54. The van der Waals surface area contributed by atoms with E-state index in [0.717, 1.165) is 12.8 Å². The molecule has 0 aliphatic heterocycles. The van der Waals surface area contributed by atoms with Crippen molar-refractivity contribution in [2.75, 3.05) is 0 Å². The predicted octanol–water partition coefficient (Wildman–Crippen LogP) is 7.22. The second kappa shape index (κ2) is 9.09. The number of Topliss-reactive ketones (excluding diaryl/α,β-unsaturated/α-hetero) is 1. The molecule has 4 rings (SSSR count). The molecule has 0 N–H and O–H groups in total. The maximum Gasteiger partial charge on any atom is 0.133 e. The first-order valence-corrected chi connectivity index (χ1v) is 10.7. The molecular formula is C29H28O. The average molecular weight is 393 g/mol. The van der Waals surface area contributed by atoms with Gasteiger partial charge >= 0.3 is 0 Å². The van der Waals surface area contributed by atoms with Gasteiger partial charge in [-0.25, -0.2) is 0 Å². The lowest BCUT2D eigenvalue weighted by Gasteiger charge is -2.31. The Morgan fingerprint density at radius 3 is 1.80 bits per heavy atom. The van der Waals surface area contributed by atoms with Gasteiger partial charge in [0.1, 0.15) is 5.78 Å². The van der Waals surface area contributed by atoms with E-state index >= 15 is 0 Å². The first-order chi connectivity index (χ1) is 14.6. The molecule has 0 fully saturated rings. The Bertz CT molecular complexity index is 1020. The van der Waals surface area contributed by atoms with Crippen molar-refractivity contribution in [3.63, 3.8) is 0 Å². The van der Waals surface area contributed by atoms with E-state index in [9.17, 15) is 4.79 Å². The Hall–Kier alpha value is -3.19. The zero-order valence-electron chi connectivity index (χ0n) is 17.7. The average Bonchev–Trinajstić information content (AvgIpc) is 2.79. The maximum absolute atomic E-state index is 12.3. The number of hydrogen-bond acceptors (Lipinski definition) is 1. The highest BCUT2D eigenvalue weighted by molar-refractivity contribution is 5.83. The summed E-state index contributed by atoms with van der Waals surface area (Å²) < 4.78 is 0. The van der Waals surface area contributed by atoms with E-state index in [1.54, 1.807) is 6.92 Å². The minimum atomic E-state index is 0.101. The second-order valence-corrected chi connectivity index (χ2v) is 8.24. The molecule has 0 heterocycles. The van der Waals surface area contributed by atoms with Crippen LogP contribution in [0.2, 0.25) is 0 Å². The summed E-state index contributed by atoms with van der Waals surface area (Å²) in [5.74, 6) is 0.630. The Morgan fingerprint density at radius 2 is 1.30 bits per heavy atom. The van der Waals surface area contributed by atoms with Crippen molar-refractivity contribution in [3.05, 3.63) is 125 Å². The third kappa shape index (κ3) is 4.36. The van der Waals surface area contributed by atoms with Gasteiger partial charge in [0.2, 0.25) is 0 Å². The largest absolute Gasteiger partial charge is 0.300 e. The van der Waals surface area contributed by atoms with E-state index < -0.39 is 0 Å². The SMILES string of the molecule is CC(=O)[C@@H]1CC(C)=C(C=C(c2ccccc2)c2ccccc2)[C@H](c2ccccc2)C1. The number of allylic oxidation sites excluding steroid dienone is 3. The van der Waals surface area contributed by atoms with Crippen molar-refractivity contribution in [1.82, 2.24) is 0 Å². The quantitative estimate of drug-likeness (QED) is 0.448. The number of carbonyl (C=O) groups is 1. The van der Waals surface area contributed by atoms with Crippen LogP contribution in [0.4, 0.5) is 0 Å². The molecule has 150 valence electrons. The van der Waals surface area contributed by atoms with Gasteiger partial charge in [-0.2, -0.15) is 0 Å². The fourth-order valence-electron chi connectivity index (χ4n) is 4.54. The second-order valence-electron chi connectivity index (χ2n) is 8.24. The molecule has 0 aromatic heterocycles. The summed E-state index contributed by atoms with van der Waals surface area (Å²) in [6.07, 6.45) is 4.09. The Kier molecular flexibility index (Phi) is 6.09. The van der Waals surface area contributed by atoms with Crippen LogP contribution in [0.25, 0.3) is 5.57 Å². The molecule has 0 bridgehead atoms. The van der Waals surface area contributed by atoms with Crippen molar-refractivity contribution in [2.45, 2.75) is 32.6 Å². The Morgan fingerprint density at radius 1 is 0.800 bits per heavy atom. The Labute approximate surface area is 179 Å². The molecule has 0 saturated carbocycles. The number of ketones is 1. The van der Waals surface area contributed by atoms with Crippen LogP contribution in [0.15, 0.2) is 108 Å². The highest BCUT2D eigenvalue weighted by Crippen LogP contribution is 2.43. The van der Waals surface area contributed by atoms with Gasteiger partial charge in [-0.05, 0) is 60.6 Å². The van der Waals surface area contributed by atoms with Gasteiger partial charge in [-0.1, -0.05) is 96.6 Å². The topological polar surface area (TPSA) is 17.1 Å². The molecule has 3 aromatic rings. The summed E-state index contributed by atoms with van der Waals surface area (Å²) in [4.78, 5) is 12.3. The van der Waals surface area contributed by atoms with E-state index in [1.807, 2.05) is 0 Å². The van der Waals surface area contributed by atoms with Crippen LogP contribution in [0.1, 0.15) is 49.3 Å². The van der Waals surface area contributed by atoms with Crippen LogP contribution < -0.4 is 0 Å². The molecule has 2 atom stereocenters. The van der Waals surface area contributed by atoms with Crippen LogP contribution in [0.5, 0.6) is 0 Å². The number of rotatable bonds is 5. The van der Waals surface area contributed by atoms with Gasteiger partial charge in [-0.3, -0.25) is 4.79 Å². The van der Waals surface area contributed by atoms with Gasteiger partial charge in [-0.15, -0.1) is 0 Å². The molecule has 0 spiro atoms. The number of benzene rings is 3. The van der Waals surface area contributed by atoms with Gasteiger partial charge in [0.15, 0.2) is 0 Å². The van der Waals surface area contributed by atoms with Gasteiger partial charge in [0.05, 0.1) is 0 Å². The standard InChI is InChI=1S/C29H28O/c1-21-18-26(22(2)30)19-29(25-16-10-5-11-17-25)27(21)20-28(23-12-6-3-7-13-23)24-14-8-4-9-15-24/h3-17,20,26,29H,18-19H2,1-2H3/t26-,29+/m1/s1. The minimum absolute atomic E-state index is 0.101. The fraction of sp³-hybridized carbons (Fsp3) is 0.207. The van der Waals surface area contributed by atoms with Crippen LogP contribution >= 0.6 is 0 Å². The van der Waals surface area contributed by atoms with Crippen LogP contribution in [0, 0.1) is 5.92 Å². The molecule has 0 amide bonds. The van der Waals surface area contributed by atoms with E-state index in [4.69, 9.17) is 0 Å². The van der Waals surface area contributed by atoms with Gasteiger partial charge < -0.3 is 0 Å². The van der Waals surface area contributed by atoms with Gasteiger partial charge in [0, 0.05) is 11.8 Å². The lowest BCUT2D eigenvalue weighted by molar-refractivity contribution is -0.121. The van der Waals surface area contributed by atoms with Crippen molar-refractivity contribution >= 4 is 11.4 Å². The van der Waals surface area contributed by atoms with E-state index in [0.29, 0.717) is 5.78 Å². The van der Waals surface area contributed by atoms with Gasteiger partial charge in [0.25, 0.3) is 0 Å². The van der Waals surface area contributed by atoms with Crippen molar-refractivity contribution in [2.24, 2.45) is 5.92 Å². The Balaban J connectivity index is 1.87. The maximum atomic E-state index is 12.3. The smallest absolute Gasteiger partial charge is 0.133 e. The van der Waals surface area contributed by atoms with E-state index in [1.165, 1.54) is 33.4 Å². The monoisotopic (exact) mass is 392 g/mol. The zero-order valence-corrected chi connectivity index (χ0v) is 17.7. The van der Waals surface area contributed by atoms with Crippen LogP contribution in [0.3, 0.4) is 0 Å². The van der Waals surface area contributed by atoms with E-state index in [-0.39, 0.29) is 11.8 Å². The summed E-state index contributed by atoms with van der Waals surface area (Å²) in [7, 11) is 0. The molecule has 1 nitrogen and oxygen atoms in total. The summed E-state index contributed by atoms with van der Waals surface area (Å²) >= 11 is 0. The molecular weight excluding hydrogens is 364 g/mol. The normalized spacial score (nSPS) is 18.7. The molecule has 30 heavy (non-hydrogen) atoms. The lowest BCUT2D eigenvalue weighted by Crippen LogP contribution is -2.22. The number of carbonyl (C=O) groups excluding carboxylic acids is 1. The zero-order chi connectivity index (χ0) is 20.9. The van der Waals surface area contributed by atoms with Crippen LogP contribution in [-0.4, -0.2) is 5.78 Å². The first kappa shape index (κ1) is 20.1. The van der Waals surface area contributed by atoms with Crippen molar-refractivity contribution < 1.29 is 4.79 Å². The highest BCUT2D eigenvalue weighted by atomic mass is 16.1. The van der Waals surface area contributed by atoms with Crippen molar-refractivity contribution in [1.29, 1.82) is 0 Å². The molecule has 1 aliphatic carbocycles. The predicted molar refractivity (Wildman–Crippen MR) is 125 cm³/mol. The molecule has 0 radical (unpaired) electrons. The third-order valence-electron chi connectivity index (χ3n) is 6.19. The van der Waals surface area contributed by atoms with E-state index in [2.05, 4.69) is 104 Å². The molecule has 0 unspecified atom stereocenters. The molecule has 3 aromatic carbocycles.